The number of carbonyl (C=O) groups excluding carboxylic acids is 2. The van der Waals surface area contributed by atoms with Crippen LogP contribution in [0.2, 0.25) is 0 Å². The van der Waals surface area contributed by atoms with Crippen LogP contribution in [0.1, 0.15) is 41.5 Å². The predicted molar refractivity (Wildman–Crippen MR) is 68.9 cm³/mol. The summed E-state index contributed by atoms with van der Waals surface area (Å²) in [7, 11) is 0. The fourth-order valence-corrected chi connectivity index (χ4v) is 1.12. The monoisotopic (exact) mass is 257 g/mol. The highest BCUT2D eigenvalue weighted by atomic mass is 16.6. The van der Waals surface area contributed by atoms with Gasteiger partial charge >= 0.3 is 12.1 Å². The first-order valence-electron chi connectivity index (χ1n) is 6.04. The van der Waals surface area contributed by atoms with Gasteiger partial charge in [-0.2, -0.15) is 0 Å². The third-order valence-corrected chi connectivity index (χ3v) is 1.63. The molecule has 1 amide bonds. The standard InChI is InChI=1S/C13H23NO4/c1-7-17-11(15)10(8-9(2)3)14-12(16)18-13(4,5)6/h8-9H,7H2,1-6H3,(H,14,16)/b10-8+. The second-order valence-electron chi connectivity index (χ2n) is 5.17. The van der Waals surface area contributed by atoms with Gasteiger partial charge < -0.3 is 9.47 Å². The number of ether oxygens (including phenoxy) is 2. The van der Waals surface area contributed by atoms with E-state index in [0.29, 0.717) is 0 Å². The quantitative estimate of drug-likeness (QED) is 0.621. The van der Waals surface area contributed by atoms with Gasteiger partial charge in [0.15, 0.2) is 0 Å². The van der Waals surface area contributed by atoms with E-state index in [2.05, 4.69) is 5.32 Å². The molecule has 0 aromatic rings. The van der Waals surface area contributed by atoms with Crippen molar-refractivity contribution < 1.29 is 19.1 Å². The maximum absolute atomic E-state index is 11.6. The van der Waals surface area contributed by atoms with Crippen LogP contribution in [0, 0.1) is 5.92 Å². The van der Waals surface area contributed by atoms with Crippen molar-refractivity contribution >= 4 is 12.1 Å². The molecule has 0 saturated carbocycles. The number of esters is 1. The van der Waals surface area contributed by atoms with E-state index in [9.17, 15) is 9.59 Å². The summed E-state index contributed by atoms with van der Waals surface area (Å²) in [4.78, 5) is 23.2. The van der Waals surface area contributed by atoms with Gasteiger partial charge in [0.1, 0.15) is 11.3 Å². The maximum Gasteiger partial charge on any atom is 0.412 e. The van der Waals surface area contributed by atoms with Crippen molar-refractivity contribution in [3.63, 3.8) is 0 Å². The molecule has 5 heteroatoms. The maximum atomic E-state index is 11.6. The average molecular weight is 257 g/mol. The Hall–Kier alpha value is -1.52. The lowest BCUT2D eigenvalue weighted by atomic mass is 10.2. The number of hydrogen-bond acceptors (Lipinski definition) is 4. The third kappa shape index (κ3) is 7.70. The highest BCUT2D eigenvalue weighted by Crippen LogP contribution is 2.08. The number of carbonyl (C=O) groups is 2. The zero-order valence-corrected chi connectivity index (χ0v) is 12.0. The first kappa shape index (κ1) is 16.5. The number of alkyl carbamates (subject to hydrolysis) is 1. The van der Waals surface area contributed by atoms with Gasteiger partial charge in [-0.15, -0.1) is 0 Å². The van der Waals surface area contributed by atoms with Crippen molar-refractivity contribution in [3.05, 3.63) is 11.8 Å². The number of amides is 1. The van der Waals surface area contributed by atoms with Crippen LogP contribution >= 0.6 is 0 Å². The van der Waals surface area contributed by atoms with Gasteiger partial charge in [0.2, 0.25) is 0 Å². The van der Waals surface area contributed by atoms with E-state index in [0.717, 1.165) is 0 Å². The molecule has 0 atom stereocenters. The normalized spacial score (nSPS) is 12.3. The van der Waals surface area contributed by atoms with Crippen LogP contribution in [-0.2, 0) is 14.3 Å². The van der Waals surface area contributed by atoms with Crippen molar-refractivity contribution in [2.45, 2.75) is 47.1 Å². The van der Waals surface area contributed by atoms with Crippen LogP contribution < -0.4 is 5.32 Å². The van der Waals surface area contributed by atoms with Crippen LogP contribution in [0.15, 0.2) is 11.8 Å². The van der Waals surface area contributed by atoms with E-state index in [-0.39, 0.29) is 18.2 Å². The molecule has 5 nitrogen and oxygen atoms in total. The number of allylic oxidation sites excluding steroid dienone is 1. The number of rotatable bonds is 4. The Balaban J connectivity index is 4.71. The van der Waals surface area contributed by atoms with Crippen LogP contribution in [0.4, 0.5) is 4.79 Å². The van der Waals surface area contributed by atoms with E-state index >= 15 is 0 Å². The van der Waals surface area contributed by atoms with Gasteiger partial charge in [0, 0.05) is 0 Å². The minimum atomic E-state index is -0.664. The minimum absolute atomic E-state index is 0.111. The topological polar surface area (TPSA) is 64.6 Å². The smallest absolute Gasteiger partial charge is 0.412 e. The van der Waals surface area contributed by atoms with E-state index in [1.807, 2.05) is 13.8 Å². The predicted octanol–water partition coefficient (Wildman–Crippen LogP) is 2.61. The van der Waals surface area contributed by atoms with Crippen molar-refractivity contribution in [2.75, 3.05) is 6.61 Å². The fourth-order valence-electron chi connectivity index (χ4n) is 1.12. The van der Waals surface area contributed by atoms with Crippen LogP contribution in [0.25, 0.3) is 0 Å². The van der Waals surface area contributed by atoms with Gasteiger partial charge in [-0.25, -0.2) is 9.59 Å². The number of hydrogen-bond donors (Lipinski definition) is 1. The molecule has 0 radical (unpaired) electrons. The molecule has 0 rings (SSSR count). The van der Waals surface area contributed by atoms with Crippen molar-refractivity contribution in [2.24, 2.45) is 5.92 Å². The first-order chi connectivity index (χ1) is 8.15. The van der Waals surface area contributed by atoms with E-state index in [4.69, 9.17) is 9.47 Å². The van der Waals surface area contributed by atoms with Crippen LogP contribution in [-0.4, -0.2) is 24.3 Å². The highest BCUT2D eigenvalue weighted by Gasteiger charge is 2.20. The molecule has 104 valence electrons. The van der Waals surface area contributed by atoms with Crippen molar-refractivity contribution in [3.8, 4) is 0 Å². The second-order valence-corrected chi connectivity index (χ2v) is 5.17. The molecule has 0 aromatic heterocycles. The number of nitrogens with one attached hydrogen (secondary N) is 1. The molecular weight excluding hydrogens is 234 g/mol. The molecule has 0 aromatic carbocycles. The summed E-state index contributed by atoms with van der Waals surface area (Å²) in [5, 5.41) is 2.41. The Morgan fingerprint density at radius 2 is 1.83 bits per heavy atom. The first-order valence-corrected chi connectivity index (χ1v) is 6.04. The van der Waals surface area contributed by atoms with E-state index < -0.39 is 17.7 Å². The summed E-state index contributed by atoms with van der Waals surface area (Å²) in [6.07, 6.45) is 0.963. The Kier molecular flexibility index (Phi) is 6.44. The summed E-state index contributed by atoms with van der Waals surface area (Å²) in [6, 6.07) is 0. The molecule has 1 N–H and O–H groups in total. The molecule has 0 saturated heterocycles. The van der Waals surface area contributed by atoms with Crippen LogP contribution in [0.5, 0.6) is 0 Å². The van der Waals surface area contributed by atoms with Gasteiger partial charge in [-0.1, -0.05) is 19.9 Å². The SMILES string of the molecule is CCOC(=O)/C(=C\C(C)C)NC(=O)OC(C)(C)C. The molecule has 18 heavy (non-hydrogen) atoms. The summed E-state index contributed by atoms with van der Waals surface area (Å²) in [5.41, 5.74) is -0.497. The average Bonchev–Trinajstić information content (AvgIpc) is 2.13. The summed E-state index contributed by atoms with van der Waals surface area (Å²) < 4.78 is 9.94. The Labute approximate surface area is 109 Å². The molecule has 0 aliphatic heterocycles. The summed E-state index contributed by atoms with van der Waals surface area (Å²) in [5.74, 6) is -0.448. The lowest BCUT2D eigenvalue weighted by Gasteiger charge is -2.20. The van der Waals surface area contributed by atoms with Gasteiger partial charge in [0.25, 0.3) is 0 Å². The molecule has 0 fully saturated rings. The van der Waals surface area contributed by atoms with E-state index in [1.165, 1.54) is 0 Å². The third-order valence-electron chi connectivity index (χ3n) is 1.63. The van der Waals surface area contributed by atoms with Gasteiger partial charge in [-0.05, 0) is 33.6 Å². The second kappa shape index (κ2) is 7.03. The zero-order chi connectivity index (χ0) is 14.3. The zero-order valence-electron chi connectivity index (χ0n) is 12.0. The van der Waals surface area contributed by atoms with Gasteiger partial charge in [-0.3, -0.25) is 5.32 Å². The molecular formula is C13H23NO4. The highest BCUT2D eigenvalue weighted by molar-refractivity contribution is 5.92. The molecule has 0 aliphatic rings. The molecule has 0 spiro atoms. The molecule has 0 aliphatic carbocycles. The van der Waals surface area contributed by atoms with E-state index in [1.54, 1.807) is 33.8 Å². The minimum Gasteiger partial charge on any atom is -0.461 e. The van der Waals surface area contributed by atoms with Crippen LogP contribution in [0.3, 0.4) is 0 Å². The van der Waals surface area contributed by atoms with Crippen molar-refractivity contribution in [1.82, 2.24) is 5.32 Å². The Bertz CT molecular complexity index is 326. The molecule has 0 unspecified atom stereocenters. The molecule has 0 heterocycles. The Morgan fingerprint density at radius 3 is 2.22 bits per heavy atom. The summed E-state index contributed by atoms with van der Waals surface area (Å²) in [6.45, 7) is 11.0. The summed E-state index contributed by atoms with van der Waals surface area (Å²) >= 11 is 0. The lowest BCUT2D eigenvalue weighted by Crippen LogP contribution is -2.34. The fraction of sp³-hybridized carbons (Fsp3) is 0.692. The Morgan fingerprint density at radius 1 is 1.28 bits per heavy atom. The van der Waals surface area contributed by atoms with Crippen molar-refractivity contribution in [1.29, 1.82) is 0 Å². The largest absolute Gasteiger partial charge is 0.461 e. The lowest BCUT2D eigenvalue weighted by molar-refractivity contribution is -0.139. The molecule has 0 bridgehead atoms. The van der Waals surface area contributed by atoms with Gasteiger partial charge in [0.05, 0.1) is 6.61 Å².